The maximum Gasteiger partial charge on any atom is 0.227 e. The third kappa shape index (κ3) is 1.98. The Morgan fingerprint density at radius 1 is 1.36 bits per heavy atom. The first-order chi connectivity index (χ1) is 5.22. The Morgan fingerprint density at radius 3 is 2.55 bits per heavy atom. The summed E-state index contributed by atoms with van der Waals surface area (Å²) < 4.78 is 24.6. The van der Waals surface area contributed by atoms with Gasteiger partial charge in [-0.25, -0.2) is 4.39 Å². The van der Waals surface area contributed by atoms with E-state index in [9.17, 15) is 8.78 Å². The lowest BCUT2D eigenvalue weighted by Gasteiger charge is -1.93. The van der Waals surface area contributed by atoms with Crippen LogP contribution in [-0.4, -0.2) is 4.98 Å². The maximum absolute atomic E-state index is 12.6. The van der Waals surface area contributed by atoms with Crippen molar-refractivity contribution in [1.29, 1.82) is 0 Å². The predicted molar refractivity (Wildman–Crippen MR) is 39.2 cm³/mol. The van der Waals surface area contributed by atoms with E-state index in [4.69, 9.17) is 11.6 Å². The molecule has 0 spiro atoms. The summed E-state index contributed by atoms with van der Waals surface area (Å²) in [7, 11) is 0. The molecule has 1 aromatic rings. The van der Waals surface area contributed by atoms with E-state index in [0.717, 1.165) is 0 Å². The molecule has 0 saturated heterocycles. The standard InChI is InChI=1S/C7H4ClF2N/c8-7(10)6(9)5-3-1-2-4-11-5/h1-4H. The van der Waals surface area contributed by atoms with Gasteiger partial charge in [0.15, 0.2) is 5.83 Å². The summed E-state index contributed by atoms with van der Waals surface area (Å²) in [6.07, 6.45) is 1.36. The lowest BCUT2D eigenvalue weighted by Crippen LogP contribution is -1.82. The average Bonchev–Trinajstić information content (AvgIpc) is 2.05. The highest BCUT2D eigenvalue weighted by molar-refractivity contribution is 6.30. The van der Waals surface area contributed by atoms with E-state index in [1.165, 1.54) is 12.3 Å². The Hall–Kier alpha value is -0.960. The van der Waals surface area contributed by atoms with Crippen molar-refractivity contribution >= 4 is 17.4 Å². The normalized spacial score (nSPS) is 12.6. The first kappa shape index (κ1) is 8.14. The monoisotopic (exact) mass is 175 g/mol. The van der Waals surface area contributed by atoms with Gasteiger partial charge in [0.05, 0.1) is 0 Å². The summed E-state index contributed by atoms with van der Waals surface area (Å²) in [5, 5.41) is -1.37. The molecule has 0 aromatic carbocycles. The second-order valence-corrected chi connectivity index (χ2v) is 2.12. The summed E-state index contributed by atoms with van der Waals surface area (Å²) in [6, 6.07) is 4.47. The third-order valence-electron chi connectivity index (χ3n) is 1.06. The molecule has 0 unspecified atom stereocenters. The second kappa shape index (κ2) is 3.44. The number of hydrogen-bond acceptors (Lipinski definition) is 1. The van der Waals surface area contributed by atoms with Crippen molar-refractivity contribution in [2.75, 3.05) is 0 Å². The van der Waals surface area contributed by atoms with E-state index in [2.05, 4.69) is 4.98 Å². The minimum absolute atomic E-state index is 0.0972. The van der Waals surface area contributed by atoms with Gasteiger partial charge in [-0.05, 0) is 23.7 Å². The SMILES string of the molecule is FC(Cl)=C(F)c1ccccn1. The Labute approximate surface area is 67.3 Å². The topological polar surface area (TPSA) is 12.9 Å². The van der Waals surface area contributed by atoms with E-state index in [-0.39, 0.29) is 5.69 Å². The molecule has 1 aromatic heterocycles. The molecule has 0 fully saturated rings. The van der Waals surface area contributed by atoms with Crippen molar-refractivity contribution in [1.82, 2.24) is 4.98 Å². The van der Waals surface area contributed by atoms with Crippen molar-refractivity contribution in [2.45, 2.75) is 0 Å². The van der Waals surface area contributed by atoms with Crippen molar-refractivity contribution < 1.29 is 8.78 Å². The van der Waals surface area contributed by atoms with Crippen LogP contribution in [0.1, 0.15) is 5.69 Å². The lowest BCUT2D eigenvalue weighted by atomic mass is 10.3. The fourth-order valence-electron chi connectivity index (χ4n) is 0.589. The van der Waals surface area contributed by atoms with Gasteiger partial charge in [-0.3, -0.25) is 4.98 Å². The lowest BCUT2D eigenvalue weighted by molar-refractivity contribution is 0.648. The third-order valence-corrected chi connectivity index (χ3v) is 1.22. The fourth-order valence-corrected chi connectivity index (χ4v) is 0.686. The molecular formula is C7H4ClF2N. The first-order valence-electron chi connectivity index (χ1n) is 2.84. The van der Waals surface area contributed by atoms with Crippen LogP contribution < -0.4 is 0 Å². The highest BCUT2D eigenvalue weighted by atomic mass is 35.5. The molecule has 0 aliphatic heterocycles. The van der Waals surface area contributed by atoms with Gasteiger partial charge in [0, 0.05) is 6.20 Å². The highest BCUT2D eigenvalue weighted by Crippen LogP contribution is 2.20. The number of aromatic nitrogens is 1. The molecule has 4 heteroatoms. The zero-order chi connectivity index (χ0) is 8.27. The van der Waals surface area contributed by atoms with Crippen LogP contribution >= 0.6 is 11.6 Å². The molecule has 0 atom stereocenters. The molecule has 0 N–H and O–H groups in total. The van der Waals surface area contributed by atoms with Gasteiger partial charge in [-0.15, -0.1) is 0 Å². The molecule has 1 rings (SSSR count). The Morgan fingerprint density at radius 2 is 2.09 bits per heavy atom. The van der Waals surface area contributed by atoms with Crippen LogP contribution in [0, 0.1) is 0 Å². The summed E-state index contributed by atoms with van der Waals surface area (Å²) in [4.78, 5) is 3.54. The minimum atomic E-state index is -1.37. The molecule has 0 bridgehead atoms. The minimum Gasteiger partial charge on any atom is -0.254 e. The summed E-state index contributed by atoms with van der Waals surface area (Å²) >= 11 is 4.76. The van der Waals surface area contributed by atoms with Gasteiger partial charge in [-0.2, -0.15) is 4.39 Å². The van der Waals surface area contributed by atoms with E-state index in [0.29, 0.717) is 0 Å². The number of hydrogen-bond donors (Lipinski definition) is 0. The van der Waals surface area contributed by atoms with Gasteiger partial charge in [-0.1, -0.05) is 6.07 Å². The smallest absolute Gasteiger partial charge is 0.227 e. The summed E-state index contributed by atoms with van der Waals surface area (Å²) in [5.74, 6) is -1.13. The van der Waals surface area contributed by atoms with Crippen molar-refractivity contribution in [3.8, 4) is 0 Å². The Balaban J connectivity index is 3.04. The van der Waals surface area contributed by atoms with Crippen LogP contribution in [-0.2, 0) is 0 Å². The molecule has 0 radical (unpaired) electrons. The molecule has 0 aliphatic carbocycles. The van der Waals surface area contributed by atoms with Crippen molar-refractivity contribution in [2.24, 2.45) is 0 Å². The zero-order valence-electron chi connectivity index (χ0n) is 5.39. The van der Waals surface area contributed by atoms with Crippen LogP contribution in [0.15, 0.2) is 29.7 Å². The van der Waals surface area contributed by atoms with Gasteiger partial charge >= 0.3 is 0 Å². The van der Waals surface area contributed by atoms with Crippen LogP contribution in [0.5, 0.6) is 0 Å². The molecule has 11 heavy (non-hydrogen) atoms. The number of halogens is 3. The van der Waals surface area contributed by atoms with Crippen LogP contribution in [0.25, 0.3) is 5.83 Å². The van der Waals surface area contributed by atoms with E-state index >= 15 is 0 Å². The van der Waals surface area contributed by atoms with Gasteiger partial charge < -0.3 is 0 Å². The van der Waals surface area contributed by atoms with Gasteiger partial charge in [0.1, 0.15) is 5.69 Å². The van der Waals surface area contributed by atoms with E-state index < -0.39 is 11.1 Å². The molecule has 1 nitrogen and oxygen atoms in total. The van der Waals surface area contributed by atoms with Crippen LogP contribution in [0.2, 0.25) is 0 Å². The average molecular weight is 176 g/mol. The molecule has 0 saturated carbocycles. The molecular weight excluding hydrogens is 172 g/mol. The second-order valence-electron chi connectivity index (χ2n) is 1.79. The molecule has 1 heterocycles. The van der Waals surface area contributed by atoms with Gasteiger partial charge in [0.25, 0.3) is 0 Å². The molecule has 0 aliphatic rings. The summed E-state index contributed by atoms with van der Waals surface area (Å²) in [6.45, 7) is 0. The molecule has 58 valence electrons. The quantitative estimate of drug-likeness (QED) is 0.640. The van der Waals surface area contributed by atoms with E-state index in [1.54, 1.807) is 12.1 Å². The zero-order valence-corrected chi connectivity index (χ0v) is 6.15. The van der Waals surface area contributed by atoms with Crippen LogP contribution in [0.3, 0.4) is 0 Å². The van der Waals surface area contributed by atoms with Crippen molar-refractivity contribution in [3.63, 3.8) is 0 Å². The Kier molecular flexibility index (Phi) is 2.54. The Bertz CT molecular complexity index is 267. The largest absolute Gasteiger partial charge is 0.254 e. The maximum atomic E-state index is 12.6. The van der Waals surface area contributed by atoms with Crippen LogP contribution in [0.4, 0.5) is 8.78 Å². The predicted octanol–water partition coefficient (Wildman–Crippen LogP) is 2.89. The highest BCUT2D eigenvalue weighted by Gasteiger charge is 2.05. The van der Waals surface area contributed by atoms with Crippen molar-refractivity contribution in [3.05, 3.63) is 35.4 Å². The summed E-state index contributed by atoms with van der Waals surface area (Å²) in [5.41, 5.74) is -0.0972. The van der Waals surface area contributed by atoms with E-state index in [1.807, 2.05) is 0 Å². The fraction of sp³-hybridized carbons (Fsp3) is 0. The number of pyridine rings is 1. The first-order valence-corrected chi connectivity index (χ1v) is 3.22. The molecule has 0 amide bonds. The van der Waals surface area contributed by atoms with Gasteiger partial charge in [0.2, 0.25) is 5.29 Å². The number of rotatable bonds is 1. The number of nitrogens with zero attached hydrogens (tertiary/aromatic N) is 1.